The van der Waals surface area contributed by atoms with Crippen LogP contribution in [0.5, 0.6) is 11.5 Å². The highest BCUT2D eigenvalue weighted by atomic mass is 35.5. The van der Waals surface area contributed by atoms with Crippen molar-refractivity contribution in [2.24, 2.45) is 5.10 Å². The molecule has 7 heteroatoms. The fraction of sp³-hybridized carbons (Fsp3) is 0.167. The monoisotopic (exact) mass is 431 g/mol. The van der Waals surface area contributed by atoms with Crippen LogP contribution >= 0.6 is 11.6 Å². The molecule has 3 heterocycles. The molecule has 3 aliphatic heterocycles. The minimum Gasteiger partial charge on any atom is -0.493 e. The average molecular weight is 432 g/mol. The number of ether oxygens (including phenoxy) is 2. The largest absolute Gasteiger partial charge is 0.493 e. The molecule has 3 aromatic carbocycles. The number of fused-ring (bicyclic) bond motifs is 6. The highest BCUT2D eigenvalue weighted by Crippen LogP contribution is 2.56. The molecule has 1 spiro atoms. The number of nitrogens with one attached hydrogen (secondary N) is 1. The smallest absolute Gasteiger partial charge is 0.306 e. The molecular weight excluding hydrogens is 414 g/mol. The molecule has 0 radical (unpaired) electrons. The molecule has 1 amide bonds. The van der Waals surface area contributed by atoms with Crippen LogP contribution in [0, 0.1) is 0 Å². The fourth-order valence-electron chi connectivity index (χ4n) is 4.67. The van der Waals surface area contributed by atoms with E-state index in [0.717, 1.165) is 16.8 Å². The maximum atomic E-state index is 13.5. The SMILES string of the molecule is COc1cccc2c1O[C@@]1(C(=O)Nc3ccc(Cl)cc31)N1N=C(c3ccccc3)C[C@@H]21. The molecule has 0 bridgehead atoms. The lowest BCUT2D eigenvalue weighted by atomic mass is 9.92. The van der Waals surface area contributed by atoms with Crippen LogP contribution in [0.2, 0.25) is 5.02 Å². The van der Waals surface area contributed by atoms with Gasteiger partial charge in [0.1, 0.15) is 0 Å². The Labute approximate surface area is 184 Å². The van der Waals surface area contributed by atoms with E-state index in [1.54, 1.807) is 30.3 Å². The van der Waals surface area contributed by atoms with Crippen molar-refractivity contribution in [3.8, 4) is 11.5 Å². The predicted molar refractivity (Wildman–Crippen MR) is 118 cm³/mol. The third kappa shape index (κ3) is 2.45. The topological polar surface area (TPSA) is 63.2 Å². The van der Waals surface area contributed by atoms with E-state index in [1.165, 1.54) is 0 Å². The Balaban J connectivity index is 1.61. The van der Waals surface area contributed by atoms with Crippen LogP contribution in [0.25, 0.3) is 0 Å². The first-order chi connectivity index (χ1) is 15.1. The molecule has 6 rings (SSSR count). The first kappa shape index (κ1) is 18.3. The highest BCUT2D eigenvalue weighted by Gasteiger charge is 2.61. The molecular formula is C24H18ClN3O3. The van der Waals surface area contributed by atoms with Gasteiger partial charge in [-0.3, -0.25) is 4.79 Å². The van der Waals surface area contributed by atoms with Crippen LogP contribution in [0.15, 0.2) is 71.8 Å². The predicted octanol–water partition coefficient (Wildman–Crippen LogP) is 4.70. The molecule has 3 aliphatic rings. The number of anilines is 1. The summed E-state index contributed by atoms with van der Waals surface area (Å²) in [5.41, 5.74) is 2.68. The van der Waals surface area contributed by atoms with Crippen molar-refractivity contribution >= 4 is 28.9 Å². The van der Waals surface area contributed by atoms with Crippen LogP contribution in [0.3, 0.4) is 0 Å². The number of methoxy groups -OCH3 is 1. The molecule has 0 fully saturated rings. The van der Waals surface area contributed by atoms with Crippen molar-refractivity contribution in [3.05, 3.63) is 88.4 Å². The summed E-state index contributed by atoms with van der Waals surface area (Å²) in [6.45, 7) is 0. The van der Waals surface area contributed by atoms with Gasteiger partial charge in [0.05, 0.1) is 30.1 Å². The van der Waals surface area contributed by atoms with E-state index in [4.69, 9.17) is 26.2 Å². The lowest BCUT2D eigenvalue weighted by Crippen LogP contribution is -2.55. The number of rotatable bonds is 2. The van der Waals surface area contributed by atoms with E-state index in [-0.39, 0.29) is 11.9 Å². The molecule has 3 aromatic rings. The van der Waals surface area contributed by atoms with Gasteiger partial charge in [0.2, 0.25) is 0 Å². The molecule has 6 nitrogen and oxygen atoms in total. The number of hydrogen-bond donors (Lipinski definition) is 1. The number of para-hydroxylation sites is 1. The van der Waals surface area contributed by atoms with Crippen molar-refractivity contribution in [2.45, 2.75) is 18.2 Å². The summed E-state index contributed by atoms with van der Waals surface area (Å²) in [7, 11) is 1.60. The van der Waals surface area contributed by atoms with Crippen LogP contribution in [-0.2, 0) is 10.5 Å². The molecule has 0 aliphatic carbocycles. The standard InChI is InChI=1S/C24H18ClN3O3/c1-30-21-9-5-8-16-20-13-19(14-6-3-2-4-7-14)27-28(20)24(31-22(16)21)17-12-15(25)10-11-18(17)26-23(24)29/h2-12,20H,13H2,1H3,(H,26,29)/t20-,24-/m0/s1. The van der Waals surface area contributed by atoms with Gasteiger partial charge in [-0.1, -0.05) is 54.1 Å². The number of amides is 1. The number of nitrogens with zero attached hydrogens (tertiary/aromatic N) is 2. The summed E-state index contributed by atoms with van der Waals surface area (Å²) in [6, 6.07) is 20.9. The lowest BCUT2D eigenvalue weighted by molar-refractivity contribution is -0.161. The molecule has 31 heavy (non-hydrogen) atoms. The van der Waals surface area contributed by atoms with Crippen LogP contribution in [0.4, 0.5) is 5.69 Å². The maximum absolute atomic E-state index is 13.5. The lowest BCUT2D eigenvalue weighted by Gasteiger charge is -2.44. The van der Waals surface area contributed by atoms with Crippen molar-refractivity contribution in [1.29, 1.82) is 0 Å². The molecule has 1 N–H and O–H groups in total. The van der Waals surface area contributed by atoms with Crippen molar-refractivity contribution < 1.29 is 14.3 Å². The first-order valence-corrected chi connectivity index (χ1v) is 10.4. The van der Waals surface area contributed by atoms with Gasteiger partial charge in [0.15, 0.2) is 11.5 Å². The van der Waals surface area contributed by atoms with Crippen molar-refractivity contribution in [2.75, 3.05) is 12.4 Å². The normalized spacial score (nSPS) is 22.9. The zero-order chi connectivity index (χ0) is 21.2. The average Bonchev–Trinajstić information content (AvgIpc) is 3.36. The minimum atomic E-state index is -1.47. The number of hydrogen-bond acceptors (Lipinski definition) is 5. The van der Waals surface area contributed by atoms with Gasteiger partial charge in [0, 0.05) is 17.0 Å². The molecule has 0 unspecified atom stereocenters. The Morgan fingerprint density at radius 2 is 2.00 bits per heavy atom. The van der Waals surface area contributed by atoms with Crippen LogP contribution < -0.4 is 14.8 Å². The summed E-state index contributed by atoms with van der Waals surface area (Å²) in [5.74, 6) is 0.830. The third-order valence-corrected chi connectivity index (χ3v) is 6.32. The maximum Gasteiger partial charge on any atom is 0.306 e. The van der Waals surface area contributed by atoms with Crippen molar-refractivity contribution in [3.63, 3.8) is 0 Å². The second kappa shape index (κ2) is 6.49. The summed E-state index contributed by atoms with van der Waals surface area (Å²) in [4.78, 5) is 13.5. The first-order valence-electron chi connectivity index (χ1n) is 10.0. The van der Waals surface area contributed by atoms with E-state index in [1.807, 2.05) is 48.5 Å². The Morgan fingerprint density at radius 3 is 2.81 bits per heavy atom. The number of carbonyl (C=O) groups excluding carboxylic acids is 1. The van der Waals surface area contributed by atoms with Gasteiger partial charge in [-0.2, -0.15) is 5.10 Å². The van der Waals surface area contributed by atoms with Crippen LogP contribution in [0.1, 0.15) is 29.2 Å². The Hall–Kier alpha value is -3.51. The Kier molecular flexibility index (Phi) is 3.83. The summed E-state index contributed by atoms with van der Waals surface area (Å²) < 4.78 is 12.1. The second-order valence-corrected chi connectivity index (χ2v) is 8.18. The molecule has 154 valence electrons. The highest BCUT2D eigenvalue weighted by molar-refractivity contribution is 6.31. The van der Waals surface area contributed by atoms with Gasteiger partial charge in [0.25, 0.3) is 5.91 Å². The van der Waals surface area contributed by atoms with E-state index in [2.05, 4.69) is 5.32 Å². The zero-order valence-electron chi connectivity index (χ0n) is 16.6. The van der Waals surface area contributed by atoms with Crippen molar-refractivity contribution in [1.82, 2.24) is 5.01 Å². The molecule has 0 saturated carbocycles. The second-order valence-electron chi connectivity index (χ2n) is 7.75. The van der Waals surface area contributed by atoms with Gasteiger partial charge in [-0.25, -0.2) is 5.01 Å². The fourth-order valence-corrected chi connectivity index (χ4v) is 4.84. The van der Waals surface area contributed by atoms with E-state index in [9.17, 15) is 4.79 Å². The third-order valence-electron chi connectivity index (χ3n) is 6.08. The minimum absolute atomic E-state index is 0.190. The number of halogens is 1. The van der Waals surface area contributed by atoms with Gasteiger partial charge >= 0.3 is 5.72 Å². The number of carbonyl (C=O) groups is 1. The van der Waals surface area contributed by atoms with E-state index >= 15 is 0 Å². The van der Waals surface area contributed by atoms with Gasteiger partial charge < -0.3 is 14.8 Å². The van der Waals surface area contributed by atoms with E-state index < -0.39 is 5.72 Å². The summed E-state index contributed by atoms with van der Waals surface area (Å²) in [6.07, 6.45) is 0.637. The molecule has 0 aromatic heterocycles. The Morgan fingerprint density at radius 1 is 1.16 bits per heavy atom. The van der Waals surface area contributed by atoms with Gasteiger partial charge in [-0.05, 0) is 29.8 Å². The summed E-state index contributed by atoms with van der Waals surface area (Å²) in [5, 5.41) is 10.2. The zero-order valence-corrected chi connectivity index (χ0v) is 17.4. The molecule has 0 saturated heterocycles. The number of benzene rings is 3. The van der Waals surface area contributed by atoms with Gasteiger partial charge in [-0.15, -0.1) is 0 Å². The quantitative estimate of drug-likeness (QED) is 0.639. The van der Waals surface area contributed by atoms with E-state index in [0.29, 0.717) is 34.2 Å². The molecule has 2 atom stereocenters. The van der Waals surface area contributed by atoms with Crippen LogP contribution in [-0.4, -0.2) is 23.7 Å². The number of hydrazone groups is 1. The summed E-state index contributed by atoms with van der Waals surface area (Å²) >= 11 is 6.33. The Bertz CT molecular complexity index is 1260.